The fraction of sp³-hybridized carbons (Fsp3) is 0.182. The van der Waals surface area contributed by atoms with Crippen LogP contribution in [0.15, 0.2) is 35.7 Å². The van der Waals surface area contributed by atoms with E-state index in [2.05, 4.69) is 20.4 Å². The zero-order valence-electron chi connectivity index (χ0n) is 9.42. The highest BCUT2D eigenvalue weighted by Crippen LogP contribution is 2.19. The van der Waals surface area contributed by atoms with Gasteiger partial charge in [0, 0.05) is 23.8 Å². The van der Waals surface area contributed by atoms with Crippen LogP contribution in [0.25, 0.3) is 0 Å². The lowest BCUT2D eigenvalue weighted by atomic mass is 10.3. The first-order valence-corrected chi connectivity index (χ1v) is 6.10. The van der Waals surface area contributed by atoms with Crippen LogP contribution >= 0.6 is 11.8 Å². The molecule has 2 heterocycles. The molecule has 0 saturated heterocycles. The molecule has 0 unspecified atom stereocenters. The molecule has 2 aromatic heterocycles. The van der Waals surface area contributed by atoms with Crippen molar-refractivity contribution in [3.63, 3.8) is 0 Å². The van der Waals surface area contributed by atoms with E-state index in [0.717, 1.165) is 28.0 Å². The first-order chi connectivity index (χ1) is 8.28. The summed E-state index contributed by atoms with van der Waals surface area (Å²) in [5.41, 5.74) is 5.35. The van der Waals surface area contributed by atoms with Gasteiger partial charge in [0.25, 0.3) is 0 Å². The Morgan fingerprint density at radius 1 is 1.29 bits per heavy atom. The molecule has 0 aromatic carbocycles. The molecule has 0 fully saturated rings. The van der Waals surface area contributed by atoms with E-state index < -0.39 is 0 Å². The third-order valence-electron chi connectivity index (χ3n) is 2.11. The predicted octanol–water partition coefficient (Wildman–Crippen LogP) is 1.76. The third-order valence-corrected chi connectivity index (χ3v) is 3.00. The molecule has 3 N–H and O–H groups in total. The van der Waals surface area contributed by atoms with E-state index in [1.807, 2.05) is 25.1 Å². The van der Waals surface area contributed by atoms with Crippen molar-refractivity contribution in [3.05, 3.63) is 42.0 Å². The number of hydrogen-bond donors (Lipinski definition) is 2. The monoisotopic (exact) mass is 247 g/mol. The molecular formula is C11H13N5S. The van der Waals surface area contributed by atoms with Gasteiger partial charge in [-0.1, -0.05) is 11.8 Å². The molecule has 0 aliphatic carbocycles. The van der Waals surface area contributed by atoms with E-state index >= 15 is 0 Å². The molecule has 5 nitrogen and oxygen atoms in total. The van der Waals surface area contributed by atoms with Gasteiger partial charge in [0.2, 0.25) is 0 Å². The molecule has 0 atom stereocenters. The summed E-state index contributed by atoms with van der Waals surface area (Å²) in [6.07, 6.45) is 3.48. The Hall–Kier alpha value is -1.66. The summed E-state index contributed by atoms with van der Waals surface area (Å²) >= 11 is 1.55. The second-order valence-electron chi connectivity index (χ2n) is 3.45. The van der Waals surface area contributed by atoms with Crippen LogP contribution in [-0.4, -0.2) is 15.0 Å². The summed E-state index contributed by atoms with van der Waals surface area (Å²) in [5, 5.41) is 0.762. The normalized spacial score (nSPS) is 10.2. The van der Waals surface area contributed by atoms with Crippen molar-refractivity contribution in [2.75, 3.05) is 5.43 Å². The minimum atomic E-state index is 0.721. The number of nitrogens with two attached hydrogens (primary N) is 1. The van der Waals surface area contributed by atoms with Gasteiger partial charge in [-0.2, -0.15) is 0 Å². The number of aromatic nitrogens is 3. The van der Waals surface area contributed by atoms with Crippen LogP contribution in [0.5, 0.6) is 0 Å². The minimum Gasteiger partial charge on any atom is -0.324 e. The van der Waals surface area contributed by atoms with Crippen molar-refractivity contribution in [1.29, 1.82) is 0 Å². The summed E-state index contributed by atoms with van der Waals surface area (Å²) in [6, 6.07) is 5.60. The van der Waals surface area contributed by atoms with Gasteiger partial charge in [-0.05, 0) is 25.1 Å². The summed E-state index contributed by atoms with van der Waals surface area (Å²) in [7, 11) is 0. The Kier molecular flexibility index (Phi) is 3.89. The lowest BCUT2D eigenvalue weighted by Gasteiger charge is -2.03. The van der Waals surface area contributed by atoms with Crippen molar-refractivity contribution < 1.29 is 0 Å². The zero-order valence-corrected chi connectivity index (χ0v) is 10.2. The van der Waals surface area contributed by atoms with Crippen LogP contribution in [-0.2, 0) is 5.75 Å². The van der Waals surface area contributed by atoms with E-state index in [1.165, 1.54) is 0 Å². The Morgan fingerprint density at radius 2 is 2.12 bits per heavy atom. The SMILES string of the molecule is Cc1ccnc(SCc2cc(NN)ccn2)n1. The second kappa shape index (κ2) is 5.60. The summed E-state index contributed by atoms with van der Waals surface area (Å²) in [6.45, 7) is 1.95. The fourth-order valence-electron chi connectivity index (χ4n) is 1.28. The maximum absolute atomic E-state index is 5.34. The fourth-order valence-corrected chi connectivity index (χ4v) is 2.06. The van der Waals surface area contributed by atoms with Crippen LogP contribution in [0.2, 0.25) is 0 Å². The van der Waals surface area contributed by atoms with Crippen molar-refractivity contribution in [2.45, 2.75) is 17.8 Å². The van der Waals surface area contributed by atoms with E-state index in [9.17, 15) is 0 Å². The number of hydrazine groups is 1. The van der Waals surface area contributed by atoms with Gasteiger partial charge in [0.15, 0.2) is 5.16 Å². The highest BCUT2D eigenvalue weighted by atomic mass is 32.2. The number of nitrogen functional groups attached to an aromatic ring is 1. The van der Waals surface area contributed by atoms with Gasteiger partial charge < -0.3 is 5.43 Å². The molecule has 2 rings (SSSR count). The molecule has 6 heteroatoms. The Labute approximate surface area is 104 Å². The maximum atomic E-state index is 5.34. The number of rotatable bonds is 4. The molecule has 0 aliphatic rings. The molecular weight excluding hydrogens is 234 g/mol. The molecule has 0 aliphatic heterocycles. The lowest BCUT2D eigenvalue weighted by molar-refractivity contribution is 0.930. The summed E-state index contributed by atoms with van der Waals surface area (Å²) in [5.74, 6) is 6.06. The number of pyridine rings is 1. The quantitative estimate of drug-likeness (QED) is 0.371. The van der Waals surface area contributed by atoms with Crippen molar-refractivity contribution in [3.8, 4) is 0 Å². The molecule has 2 aromatic rings. The van der Waals surface area contributed by atoms with Crippen LogP contribution in [0.3, 0.4) is 0 Å². The lowest BCUT2D eigenvalue weighted by Crippen LogP contribution is -2.07. The van der Waals surface area contributed by atoms with E-state index in [0.29, 0.717) is 0 Å². The summed E-state index contributed by atoms with van der Waals surface area (Å²) < 4.78 is 0. The van der Waals surface area contributed by atoms with Gasteiger partial charge in [0.05, 0.1) is 11.4 Å². The molecule has 88 valence electrons. The van der Waals surface area contributed by atoms with Crippen LogP contribution in [0.4, 0.5) is 5.69 Å². The maximum Gasteiger partial charge on any atom is 0.188 e. The average molecular weight is 247 g/mol. The Morgan fingerprint density at radius 3 is 2.88 bits per heavy atom. The summed E-state index contributed by atoms with van der Waals surface area (Å²) in [4.78, 5) is 12.7. The van der Waals surface area contributed by atoms with Crippen LogP contribution in [0, 0.1) is 6.92 Å². The molecule has 0 spiro atoms. The highest BCUT2D eigenvalue weighted by molar-refractivity contribution is 7.98. The predicted molar refractivity (Wildman–Crippen MR) is 68.4 cm³/mol. The Balaban J connectivity index is 2.02. The first kappa shape index (κ1) is 11.8. The zero-order chi connectivity index (χ0) is 12.1. The highest BCUT2D eigenvalue weighted by Gasteiger charge is 2.01. The average Bonchev–Trinajstić information content (AvgIpc) is 2.37. The van der Waals surface area contributed by atoms with Gasteiger partial charge in [0.1, 0.15) is 0 Å². The van der Waals surface area contributed by atoms with Crippen LogP contribution < -0.4 is 11.3 Å². The number of hydrogen-bond acceptors (Lipinski definition) is 6. The van der Waals surface area contributed by atoms with Crippen LogP contribution in [0.1, 0.15) is 11.4 Å². The van der Waals surface area contributed by atoms with Gasteiger partial charge in [-0.25, -0.2) is 9.97 Å². The van der Waals surface area contributed by atoms with E-state index in [-0.39, 0.29) is 0 Å². The van der Waals surface area contributed by atoms with Crippen molar-refractivity contribution >= 4 is 17.4 Å². The number of nitrogens with zero attached hydrogens (tertiary/aromatic N) is 3. The third kappa shape index (κ3) is 3.40. The molecule has 0 radical (unpaired) electrons. The number of anilines is 1. The number of nitrogens with one attached hydrogen (secondary N) is 1. The Bertz CT molecular complexity index is 503. The molecule has 0 saturated carbocycles. The van der Waals surface area contributed by atoms with Crippen molar-refractivity contribution in [2.24, 2.45) is 5.84 Å². The first-order valence-electron chi connectivity index (χ1n) is 5.12. The topological polar surface area (TPSA) is 76.7 Å². The molecule has 0 amide bonds. The largest absolute Gasteiger partial charge is 0.324 e. The number of thioether (sulfide) groups is 1. The van der Waals surface area contributed by atoms with E-state index in [1.54, 1.807) is 24.2 Å². The smallest absolute Gasteiger partial charge is 0.188 e. The van der Waals surface area contributed by atoms with Gasteiger partial charge in [-0.3, -0.25) is 10.8 Å². The van der Waals surface area contributed by atoms with Crippen molar-refractivity contribution in [1.82, 2.24) is 15.0 Å². The van der Waals surface area contributed by atoms with Gasteiger partial charge >= 0.3 is 0 Å². The van der Waals surface area contributed by atoms with Gasteiger partial charge in [-0.15, -0.1) is 0 Å². The molecule has 17 heavy (non-hydrogen) atoms. The molecule has 0 bridgehead atoms. The minimum absolute atomic E-state index is 0.721. The standard InChI is InChI=1S/C11H13N5S/c1-8-2-4-14-11(15-8)17-7-10-6-9(16-12)3-5-13-10/h2-6H,7,12H2,1H3,(H,13,16). The number of aryl methyl sites for hydroxylation is 1. The van der Waals surface area contributed by atoms with E-state index in [4.69, 9.17) is 5.84 Å². The second-order valence-corrected chi connectivity index (χ2v) is 4.39.